The molecule has 1 aliphatic carbocycles. The van der Waals surface area contributed by atoms with Crippen LogP contribution in [0.1, 0.15) is 48.0 Å². The van der Waals surface area contributed by atoms with Crippen molar-refractivity contribution in [2.75, 3.05) is 5.32 Å². The molecule has 130 valence electrons. The average Bonchev–Trinajstić information content (AvgIpc) is 3.24. The summed E-state index contributed by atoms with van der Waals surface area (Å²) in [5, 5.41) is 3.40. The van der Waals surface area contributed by atoms with Crippen molar-refractivity contribution in [3.8, 4) is 0 Å². The van der Waals surface area contributed by atoms with E-state index in [0.717, 1.165) is 36.0 Å². The van der Waals surface area contributed by atoms with E-state index in [1.807, 2.05) is 25.1 Å². The summed E-state index contributed by atoms with van der Waals surface area (Å²) in [4.78, 5) is 32.1. The number of hydrogen-bond donors (Lipinski definition) is 2. The number of rotatable bonds is 5. The molecule has 1 aliphatic rings. The number of benzene rings is 1. The van der Waals surface area contributed by atoms with Crippen LogP contribution in [0.2, 0.25) is 0 Å². The molecule has 0 unspecified atom stereocenters. The summed E-state index contributed by atoms with van der Waals surface area (Å²) in [5.74, 6) is 1.56. The van der Waals surface area contributed by atoms with Gasteiger partial charge < -0.3 is 14.9 Å². The van der Waals surface area contributed by atoms with E-state index in [1.54, 1.807) is 6.33 Å². The third-order valence-electron chi connectivity index (χ3n) is 4.77. The van der Waals surface area contributed by atoms with Crippen LogP contribution in [0.4, 0.5) is 5.82 Å². The van der Waals surface area contributed by atoms with Crippen molar-refractivity contribution < 1.29 is 4.79 Å². The number of hydrogen-bond acceptors (Lipinski definition) is 6. The molecule has 1 fully saturated rings. The molecule has 0 amide bonds. The molecule has 2 N–H and O–H groups in total. The smallest absolute Gasteiger partial charge is 0.162 e. The van der Waals surface area contributed by atoms with Crippen molar-refractivity contribution in [2.24, 2.45) is 0 Å². The summed E-state index contributed by atoms with van der Waals surface area (Å²) in [5.41, 5.74) is 3.83. The number of fused-ring (bicyclic) bond motifs is 2. The highest BCUT2D eigenvalue weighted by Crippen LogP contribution is 2.41. The Labute approximate surface area is 148 Å². The highest BCUT2D eigenvalue weighted by molar-refractivity contribution is 5.95. The van der Waals surface area contributed by atoms with Gasteiger partial charge in [-0.3, -0.25) is 4.79 Å². The molecule has 5 rings (SSSR count). The number of carbonyl (C=O) groups excluding carboxylic acids is 1. The highest BCUT2D eigenvalue weighted by atomic mass is 16.1. The lowest BCUT2D eigenvalue weighted by Gasteiger charge is -2.16. The Kier molecular flexibility index (Phi) is 3.24. The number of nitrogens with one attached hydrogen (secondary N) is 2. The lowest BCUT2D eigenvalue weighted by molar-refractivity contribution is 0.112. The maximum atomic E-state index is 11.5. The molecule has 0 spiro atoms. The second-order valence-electron chi connectivity index (χ2n) is 6.59. The largest absolute Gasteiger partial charge is 0.358 e. The van der Waals surface area contributed by atoms with E-state index in [-0.39, 0.29) is 6.04 Å². The molecule has 3 heterocycles. The fraction of sp³-hybridized carbons (Fsp3) is 0.278. The van der Waals surface area contributed by atoms with Crippen LogP contribution in [0.3, 0.4) is 0 Å². The number of aromatic amines is 1. The molecule has 3 aromatic heterocycles. The molecule has 8 nitrogen and oxygen atoms in total. The summed E-state index contributed by atoms with van der Waals surface area (Å²) < 4.78 is 2.21. The van der Waals surface area contributed by atoms with E-state index in [4.69, 9.17) is 4.98 Å². The number of aldehydes is 1. The number of carbonyl (C=O) groups is 1. The SMILES string of the molecule is C[C@H](Nc1ncnc2[nH]cnc12)c1nc2cccc(C=O)c2n1C1CC1. The van der Waals surface area contributed by atoms with Gasteiger partial charge in [-0.2, -0.15) is 0 Å². The summed E-state index contributed by atoms with van der Waals surface area (Å²) in [6, 6.07) is 5.97. The summed E-state index contributed by atoms with van der Waals surface area (Å²) in [6.07, 6.45) is 6.22. The second-order valence-corrected chi connectivity index (χ2v) is 6.59. The fourth-order valence-corrected chi connectivity index (χ4v) is 3.44. The van der Waals surface area contributed by atoms with Gasteiger partial charge in [-0.25, -0.2) is 19.9 Å². The van der Waals surface area contributed by atoms with E-state index in [9.17, 15) is 4.79 Å². The zero-order valence-electron chi connectivity index (χ0n) is 14.2. The lowest BCUT2D eigenvalue weighted by atomic mass is 10.2. The van der Waals surface area contributed by atoms with E-state index in [0.29, 0.717) is 28.6 Å². The number of para-hydroxylation sites is 1. The molecule has 1 atom stereocenters. The molecule has 4 aromatic rings. The van der Waals surface area contributed by atoms with Crippen molar-refractivity contribution in [1.82, 2.24) is 29.5 Å². The lowest BCUT2D eigenvalue weighted by Crippen LogP contribution is -2.14. The first-order valence-corrected chi connectivity index (χ1v) is 8.63. The minimum atomic E-state index is -0.0997. The van der Waals surface area contributed by atoms with Crippen molar-refractivity contribution in [3.63, 3.8) is 0 Å². The van der Waals surface area contributed by atoms with Gasteiger partial charge in [0.15, 0.2) is 17.8 Å². The normalized spacial score (nSPS) is 15.4. The Hall–Kier alpha value is -3.29. The second kappa shape index (κ2) is 5.62. The Morgan fingerprint density at radius 3 is 3.00 bits per heavy atom. The van der Waals surface area contributed by atoms with Gasteiger partial charge >= 0.3 is 0 Å². The first-order chi connectivity index (χ1) is 12.8. The van der Waals surface area contributed by atoms with E-state index in [1.165, 1.54) is 6.33 Å². The zero-order chi connectivity index (χ0) is 17.7. The molecule has 0 saturated heterocycles. The number of nitrogens with zero attached hydrogens (tertiary/aromatic N) is 5. The minimum Gasteiger partial charge on any atom is -0.358 e. The third kappa shape index (κ3) is 2.26. The van der Waals surface area contributed by atoms with Crippen LogP contribution in [0.15, 0.2) is 30.9 Å². The minimum absolute atomic E-state index is 0.0997. The van der Waals surface area contributed by atoms with Gasteiger partial charge in [0.25, 0.3) is 0 Å². The quantitative estimate of drug-likeness (QED) is 0.538. The summed E-state index contributed by atoms with van der Waals surface area (Å²) >= 11 is 0. The zero-order valence-corrected chi connectivity index (χ0v) is 14.2. The average molecular weight is 347 g/mol. The van der Waals surface area contributed by atoms with Crippen molar-refractivity contribution in [3.05, 3.63) is 42.2 Å². The monoisotopic (exact) mass is 347 g/mol. The molecule has 1 aromatic carbocycles. The van der Waals surface area contributed by atoms with Crippen LogP contribution in [-0.4, -0.2) is 35.8 Å². The van der Waals surface area contributed by atoms with Gasteiger partial charge in [0.05, 0.1) is 23.4 Å². The predicted octanol–water partition coefficient (Wildman–Crippen LogP) is 3.02. The molecular formula is C18H17N7O. The first kappa shape index (κ1) is 15.0. The Morgan fingerprint density at radius 1 is 1.31 bits per heavy atom. The Bertz CT molecular complexity index is 1130. The maximum absolute atomic E-state index is 11.5. The Balaban J connectivity index is 1.61. The fourth-order valence-electron chi connectivity index (χ4n) is 3.44. The topological polar surface area (TPSA) is 101 Å². The van der Waals surface area contributed by atoms with Gasteiger partial charge in [0.1, 0.15) is 17.7 Å². The van der Waals surface area contributed by atoms with Crippen LogP contribution in [0.5, 0.6) is 0 Å². The molecular weight excluding hydrogens is 330 g/mol. The van der Waals surface area contributed by atoms with Gasteiger partial charge in [0.2, 0.25) is 0 Å². The van der Waals surface area contributed by atoms with E-state index < -0.39 is 0 Å². The van der Waals surface area contributed by atoms with Gasteiger partial charge in [-0.1, -0.05) is 6.07 Å². The van der Waals surface area contributed by atoms with Crippen LogP contribution < -0.4 is 5.32 Å². The Morgan fingerprint density at radius 2 is 2.19 bits per heavy atom. The van der Waals surface area contributed by atoms with Crippen LogP contribution in [-0.2, 0) is 0 Å². The van der Waals surface area contributed by atoms with Gasteiger partial charge in [0, 0.05) is 11.6 Å². The van der Waals surface area contributed by atoms with Crippen molar-refractivity contribution in [2.45, 2.75) is 31.8 Å². The van der Waals surface area contributed by atoms with Gasteiger partial charge in [-0.05, 0) is 31.9 Å². The van der Waals surface area contributed by atoms with Gasteiger partial charge in [-0.15, -0.1) is 0 Å². The van der Waals surface area contributed by atoms with Crippen LogP contribution in [0.25, 0.3) is 22.2 Å². The summed E-state index contributed by atoms with van der Waals surface area (Å²) in [7, 11) is 0. The van der Waals surface area contributed by atoms with E-state index >= 15 is 0 Å². The van der Waals surface area contributed by atoms with E-state index in [2.05, 4.69) is 29.8 Å². The maximum Gasteiger partial charge on any atom is 0.162 e. The highest BCUT2D eigenvalue weighted by Gasteiger charge is 2.31. The molecule has 0 aliphatic heterocycles. The third-order valence-corrected chi connectivity index (χ3v) is 4.77. The standard InChI is InChI=1S/C18H17N7O/c1-10(23-17-14-16(20-8-19-14)21-9-22-17)18-24-13-4-2-3-11(7-26)15(13)25(18)12-5-6-12/h2-4,7-10,12H,5-6H2,1H3,(H2,19,20,21,22,23)/t10-/m0/s1. The molecule has 1 saturated carbocycles. The number of H-pyrrole nitrogens is 1. The number of aromatic nitrogens is 6. The molecule has 0 bridgehead atoms. The summed E-state index contributed by atoms with van der Waals surface area (Å²) in [6.45, 7) is 2.04. The number of anilines is 1. The van der Waals surface area contributed by atoms with Crippen molar-refractivity contribution >= 4 is 34.3 Å². The predicted molar refractivity (Wildman–Crippen MR) is 97.1 cm³/mol. The van der Waals surface area contributed by atoms with Crippen LogP contribution in [0, 0.1) is 0 Å². The molecule has 26 heavy (non-hydrogen) atoms. The van der Waals surface area contributed by atoms with Crippen molar-refractivity contribution in [1.29, 1.82) is 0 Å². The first-order valence-electron chi connectivity index (χ1n) is 8.63. The molecule has 0 radical (unpaired) electrons. The number of imidazole rings is 2. The molecule has 8 heteroatoms. The van der Waals surface area contributed by atoms with Crippen LogP contribution >= 0.6 is 0 Å².